The molecule has 0 spiro atoms. The highest BCUT2D eigenvalue weighted by Crippen LogP contribution is 2.33. The van der Waals surface area contributed by atoms with Gasteiger partial charge >= 0.3 is 5.69 Å². The molecule has 0 fully saturated rings. The zero-order chi connectivity index (χ0) is 17.2. The van der Waals surface area contributed by atoms with Gasteiger partial charge in [-0.05, 0) is 30.0 Å². The summed E-state index contributed by atoms with van der Waals surface area (Å²) >= 11 is 0. The van der Waals surface area contributed by atoms with Crippen molar-refractivity contribution in [2.75, 3.05) is 0 Å². The van der Waals surface area contributed by atoms with E-state index in [0.29, 0.717) is 10.9 Å². The molecule has 0 saturated heterocycles. The maximum Gasteiger partial charge on any atom is 0.330 e. The lowest BCUT2D eigenvalue weighted by molar-refractivity contribution is 0.715. The minimum absolute atomic E-state index is 0.246. The number of aromatic nitrogens is 2. The van der Waals surface area contributed by atoms with Crippen molar-refractivity contribution in [1.29, 1.82) is 0 Å². The van der Waals surface area contributed by atoms with Crippen LogP contribution in [0.3, 0.4) is 0 Å². The molecular weight excluding hydrogens is 300 g/mol. The summed E-state index contributed by atoms with van der Waals surface area (Å²) in [6.45, 7) is 4.10. The minimum atomic E-state index is -0.305. The second kappa shape index (κ2) is 4.81. The fourth-order valence-electron chi connectivity index (χ4n) is 3.59. The molecule has 0 aliphatic rings. The van der Waals surface area contributed by atoms with Gasteiger partial charge in [0.1, 0.15) is 0 Å². The molecule has 0 N–H and O–H groups in total. The van der Waals surface area contributed by atoms with E-state index in [0.717, 1.165) is 32.7 Å². The average Bonchev–Trinajstić information content (AvgIpc) is 2.57. The summed E-state index contributed by atoms with van der Waals surface area (Å²) in [5.74, 6) is 0. The number of rotatable bonds is 0. The molecule has 0 unspecified atom stereocenters. The largest absolute Gasteiger partial charge is 0.330 e. The molecule has 0 bridgehead atoms. The van der Waals surface area contributed by atoms with Gasteiger partial charge < -0.3 is 0 Å². The summed E-state index contributed by atoms with van der Waals surface area (Å²) < 4.78 is 2.76. The first kappa shape index (κ1) is 14.7. The Morgan fingerprint density at radius 3 is 1.88 bits per heavy atom. The van der Waals surface area contributed by atoms with Crippen LogP contribution in [0.4, 0.5) is 0 Å². The van der Waals surface area contributed by atoms with Crippen molar-refractivity contribution in [2.24, 2.45) is 14.1 Å². The molecule has 0 aliphatic carbocycles. The van der Waals surface area contributed by atoms with Gasteiger partial charge in [0.05, 0.1) is 10.9 Å². The molecule has 0 amide bonds. The molecule has 1 aromatic heterocycles. The molecule has 3 aromatic carbocycles. The van der Waals surface area contributed by atoms with Crippen LogP contribution in [0.15, 0.2) is 46.0 Å². The lowest BCUT2D eigenvalue weighted by Gasteiger charge is -2.15. The van der Waals surface area contributed by atoms with E-state index in [1.807, 2.05) is 38.1 Å². The Balaban J connectivity index is 2.53. The van der Waals surface area contributed by atoms with Crippen LogP contribution in [0, 0.1) is 13.8 Å². The van der Waals surface area contributed by atoms with Gasteiger partial charge in [-0.25, -0.2) is 4.79 Å². The number of hydrogen-bond donors (Lipinski definition) is 0. The lowest BCUT2D eigenvalue weighted by Crippen LogP contribution is -2.37. The molecule has 4 heteroatoms. The fourth-order valence-corrected chi connectivity index (χ4v) is 3.59. The molecule has 120 valence electrons. The first-order chi connectivity index (χ1) is 11.4. The highest BCUT2D eigenvalue weighted by molar-refractivity contribution is 6.24. The Kier molecular flexibility index (Phi) is 2.94. The van der Waals surface area contributed by atoms with Crippen LogP contribution in [0.2, 0.25) is 0 Å². The van der Waals surface area contributed by atoms with Crippen molar-refractivity contribution in [2.45, 2.75) is 13.8 Å². The molecule has 0 radical (unpaired) electrons. The first-order valence-electron chi connectivity index (χ1n) is 7.92. The standard InChI is InChI=1S/C20H18N2O2/c1-11-5-7-13-15(9-11)16-10-12(2)6-8-14(16)18-17(13)19(23)22(4)20(24)21(18)3/h5-10H,1-4H3. The first-order valence-corrected chi connectivity index (χ1v) is 7.92. The number of fused-ring (bicyclic) bond motifs is 6. The normalized spacial score (nSPS) is 11.7. The predicted molar refractivity (Wildman–Crippen MR) is 98.9 cm³/mol. The van der Waals surface area contributed by atoms with Crippen molar-refractivity contribution < 1.29 is 0 Å². The van der Waals surface area contributed by atoms with Crippen molar-refractivity contribution in [3.05, 3.63) is 68.4 Å². The Bertz CT molecular complexity index is 1280. The van der Waals surface area contributed by atoms with E-state index in [1.165, 1.54) is 11.6 Å². The molecule has 4 aromatic rings. The molecule has 4 rings (SSSR count). The zero-order valence-corrected chi connectivity index (χ0v) is 14.2. The number of benzene rings is 3. The zero-order valence-electron chi connectivity index (χ0n) is 14.2. The van der Waals surface area contributed by atoms with Gasteiger partial charge in [0.25, 0.3) is 5.56 Å². The average molecular weight is 318 g/mol. The highest BCUT2D eigenvalue weighted by atomic mass is 16.2. The summed E-state index contributed by atoms with van der Waals surface area (Å²) in [7, 11) is 3.26. The van der Waals surface area contributed by atoms with Crippen LogP contribution in [0.5, 0.6) is 0 Å². The smallest absolute Gasteiger partial charge is 0.296 e. The topological polar surface area (TPSA) is 44.0 Å². The Morgan fingerprint density at radius 1 is 0.708 bits per heavy atom. The van der Waals surface area contributed by atoms with Crippen molar-refractivity contribution in [1.82, 2.24) is 9.13 Å². The second-order valence-electron chi connectivity index (χ2n) is 6.53. The SMILES string of the molecule is Cc1ccc2c(c1)c1cc(C)ccc1c1c2c(=O)n(C)c(=O)n1C. The van der Waals surface area contributed by atoms with Gasteiger partial charge in [0, 0.05) is 19.5 Å². The van der Waals surface area contributed by atoms with E-state index in [4.69, 9.17) is 0 Å². The molecule has 1 heterocycles. The van der Waals surface area contributed by atoms with Gasteiger partial charge in [0.2, 0.25) is 0 Å². The van der Waals surface area contributed by atoms with Crippen LogP contribution < -0.4 is 11.2 Å². The van der Waals surface area contributed by atoms with Gasteiger partial charge in [-0.1, -0.05) is 47.5 Å². The third-order valence-corrected chi connectivity index (χ3v) is 4.83. The summed E-state index contributed by atoms with van der Waals surface area (Å²) in [5.41, 5.74) is 2.45. The Morgan fingerprint density at radius 2 is 1.25 bits per heavy atom. The summed E-state index contributed by atoms with van der Waals surface area (Å²) in [6, 6.07) is 12.3. The maximum absolute atomic E-state index is 12.9. The molecule has 0 atom stereocenters. The van der Waals surface area contributed by atoms with Crippen molar-refractivity contribution in [3.8, 4) is 0 Å². The van der Waals surface area contributed by atoms with E-state index >= 15 is 0 Å². The maximum atomic E-state index is 12.9. The summed E-state index contributed by atoms with van der Waals surface area (Å²) in [6.07, 6.45) is 0. The molecule has 4 nitrogen and oxygen atoms in total. The third kappa shape index (κ3) is 1.80. The summed E-state index contributed by atoms with van der Waals surface area (Å²) in [5, 5.41) is 4.56. The van der Waals surface area contributed by atoms with Crippen LogP contribution in [0.25, 0.3) is 32.4 Å². The van der Waals surface area contributed by atoms with Gasteiger partial charge in [-0.2, -0.15) is 0 Å². The van der Waals surface area contributed by atoms with Crippen LogP contribution in [0.1, 0.15) is 11.1 Å². The summed E-state index contributed by atoms with van der Waals surface area (Å²) in [4.78, 5) is 25.3. The molecule has 0 saturated carbocycles. The van der Waals surface area contributed by atoms with Gasteiger partial charge in [-0.3, -0.25) is 13.9 Å². The minimum Gasteiger partial charge on any atom is -0.296 e. The van der Waals surface area contributed by atoms with E-state index in [1.54, 1.807) is 11.6 Å². The predicted octanol–water partition coefficient (Wildman–Crippen LogP) is 3.16. The quantitative estimate of drug-likeness (QED) is 0.467. The monoisotopic (exact) mass is 318 g/mol. The van der Waals surface area contributed by atoms with Crippen LogP contribution in [-0.2, 0) is 14.1 Å². The second-order valence-corrected chi connectivity index (χ2v) is 6.53. The number of hydrogen-bond acceptors (Lipinski definition) is 2. The number of nitrogens with zero attached hydrogens (tertiary/aromatic N) is 2. The Hall–Kier alpha value is -2.88. The lowest BCUT2D eigenvalue weighted by atomic mass is 9.95. The van der Waals surface area contributed by atoms with Gasteiger partial charge in [-0.15, -0.1) is 0 Å². The highest BCUT2D eigenvalue weighted by Gasteiger charge is 2.16. The van der Waals surface area contributed by atoms with Crippen molar-refractivity contribution in [3.63, 3.8) is 0 Å². The molecular formula is C20H18N2O2. The fraction of sp³-hybridized carbons (Fsp3) is 0.200. The van der Waals surface area contributed by atoms with Gasteiger partial charge in [0.15, 0.2) is 0 Å². The van der Waals surface area contributed by atoms with Crippen LogP contribution >= 0.6 is 0 Å². The van der Waals surface area contributed by atoms with Crippen LogP contribution in [-0.4, -0.2) is 9.13 Å². The number of aryl methyl sites for hydroxylation is 3. The van der Waals surface area contributed by atoms with E-state index in [9.17, 15) is 9.59 Å². The molecule has 24 heavy (non-hydrogen) atoms. The Labute approximate surface area is 138 Å². The third-order valence-electron chi connectivity index (χ3n) is 4.83. The van der Waals surface area contributed by atoms with E-state index in [-0.39, 0.29) is 11.2 Å². The van der Waals surface area contributed by atoms with E-state index in [2.05, 4.69) is 12.1 Å². The van der Waals surface area contributed by atoms with Crippen molar-refractivity contribution >= 4 is 32.4 Å². The molecule has 0 aliphatic heterocycles. The van der Waals surface area contributed by atoms with E-state index < -0.39 is 0 Å².